The van der Waals surface area contributed by atoms with E-state index in [0.29, 0.717) is 6.04 Å². The molecule has 0 bridgehead atoms. The summed E-state index contributed by atoms with van der Waals surface area (Å²) < 4.78 is 6.06. The topological polar surface area (TPSA) is 24.9 Å². The number of hydrogen-bond donors (Lipinski definition) is 1. The lowest BCUT2D eigenvalue weighted by Crippen LogP contribution is -2.25. The Balaban J connectivity index is 1.65. The standard InChI is InChI=1S/C16H22N2S2/c1-2-6-12-9-10-15-14(11-12)17-16(19-15)20-18-13-7-4-3-5-8-13/h9-11,13,18H,2-8H2,1H3. The van der Waals surface area contributed by atoms with E-state index in [4.69, 9.17) is 4.98 Å². The van der Waals surface area contributed by atoms with E-state index < -0.39 is 0 Å². The maximum Gasteiger partial charge on any atom is 0.166 e. The molecule has 0 unspecified atom stereocenters. The highest BCUT2D eigenvalue weighted by Crippen LogP contribution is 2.30. The zero-order chi connectivity index (χ0) is 13.8. The number of nitrogens with zero attached hydrogens (tertiary/aromatic N) is 1. The minimum absolute atomic E-state index is 0.677. The molecule has 1 aliphatic carbocycles. The minimum atomic E-state index is 0.677. The number of aryl methyl sites for hydroxylation is 1. The van der Waals surface area contributed by atoms with Gasteiger partial charge in [-0.15, -0.1) is 11.3 Å². The second-order valence-corrected chi connectivity index (χ2v) is 7.70. The molecule has 3 rings (SSSR count). The highest BCUT2D eigenvalue weighted by molar-refractivity contribution is 7.99. The van der Waals surface area contributed by atoms with E-state index in [9.17, 15) is 0 Å². The first-order valence-corrected chi connectivity index (χ1v) is 9.30. The molecule has 4 heteroatoms. The van der Waals surface area contributed by atoms with Gasteiger partial charge in [0, 0.05) is 6.04 Å². The first kappa shape index (κ1) is 14.4. The van der Waals surface area contributed by atoms with Gasteiger partial charge in [-0.05, 0) is 48.9 Å². The summed E-state index contributed by atoms with van der Waals surface area (Å²) in [5.74, 6) is 0. The number of aromatic nitrogens is 1. The average Bonchev–Trinajstić information content (AvgIpc) is 2.89. The first-order chi connectivity index (χ1) is 9.85. The van der Waals surface area contributed by atoms with Gasteiger partial charge in [0.05, 0.1) is 10.2 Å². The second-order valence-electron chi connectivity index (χ2n) is 5.59. The highest BCUT2D eigenvalue weighted by atomic mass is 32.2. The van der Waals surface area contributed by atoms with Crippen LogP contribution in [0.25, 0.3) is 10.2 Å². The number of fused-ring (bicyclic) bond motifs is 1. The molecule has 1 saturated carbocycles. The van der Waals surface area contributed by atoms with Crippen LogP contribution in [0.1, 0.15) is 51.0 Å². The Labute approximate surface area is 129 Å². The Hall–Kier alpha value is -0.580. The van der Waals surface area contributed by atoms with E-state index in [1.807, 2.05) is 0 Å². The second kappa shape index (κ2) is 6.92. The van der Waals surface area contributed by atoms with Crippen molar-refractivity contribution < 1.29 is 0 Å². The summed E-state index contributed by atoms with van der Waals surface area (Å²) in [5.41, 5.74) is 2.57. The lowest BCUT2D eigenvalue weighted by molar-refractivity contribution is 0.423. The number of rotatable bonds is 5. The third-order valence-corrected chi connectivity index (χ3v) is 5.94. The molecule has 0 atom stereocenters. The predicted molar refractivity (Wildman–Crippen MR) is 89.5 cm³/mol. The third-order valence-electron chi connectivity index (χ3n) is 3.89. The van der Waals surface area contributed by atoms with E-state index in [0.717, 1.165) is 16.3 Å². The summed E-state index contributed by atoms with van der Waals surface area (Å²) in [6.07, 6.45) is 9.13. The Bertz CT molecular complexity index is 559. The van der Waals surface area contributed by atoms with E-state index in [1.165, 1.54) is 48.8 Å². The van der Waals surface area contributed by atoms with E-state index in [2.05, 4.69) is 29.8 Å². The van der Waals surface area contributed by atoms with Crippen molar-refractivity contribution in [2.75, 3.05) is 0 Å². The highest BCUT2D eigenvalue weighted by Gasteiger charge is 2.14. The van der Waals surface area contributed by atoms with Crippen LogP contribution in [0, 0.1) is 0 Å². The van der Waals surface area contributed by atoms with Crippen molar-refractivity contribution in [1.29, 1.82) is 0 Å². The molecule has 1 aliphatic rings. The van der Waals surface area contributed by atoms with Gasteiger partial charge in [-0.2, -0.15) is 0 Å². The molecule has 0 radical (unpaired) electrons. The zero-order valence-electron chi connectivity index (χ0n) is 12.0. The smallest absolute Gasteiger partial charge is 0.166 e. The van der Waals surface area contributed by atoms with E-state index in [-0.39, 0.29) is 0 Å². The lowest BCUT2D eigenvalue weighted by atomic mass is 9.96. The molecule has 0 saturated heterocycles. The molecule has 0 amide bonds. The number of benzene rings is 1. The van der Waals surface area contributed by atoms with Gasteiger partial charge in [-0.25, -0.2) is 4.98 Å². The molecule has 1 fully saturated rings. The quantitative estimate of drug-likeness (QED) is 0.771. The maximum absolute atomic E-state index is 4.76. The van der Waals surface area contributed by atoms with Crippen molar-refractivity contribution in [3.63, 3.8) is 0 Å². The molecular formula is C16H22N2S2. The molecular weight excluding hydrogens is 284 g/mol. The summed E-state index contributed by atoms with van der Waals surface area (Å²) in [4.78, 5) is 4.76. The van der Waals surface area contributed by atoms with Crippen LogP contribution in [0.4, 0.5) is 0 Å². The van der Waals surface area contributed by atoms with Gasteiger partial charge in [0.1, 0.15) is 0 Å². The summed E-state index contributed by atoms with van der Waals surface area (Å²) in [6.45, 7) is 2.22. The van der Waals surface area contributed by atoms with Crippen LogP contribution in [0.5, 0.6) is 0 Å². The molecule has 0 aliphatic heterocycles. The Kier molecular flexibility index (Phi) is 4.97. The molecule has 1 N–H and O–H groups in total. The summed E-state index contributed by atoms with van der Waals surface area (Å²) in [5, 5.41) is 0. The Morgan fingerprint density at radius 2 is 2.15 bits per heavy atom. The van der Waals surface area contributed by atoms with Crippen LogP contribution in [0.15, 0.2) is 22.5 Å². The van der Waals surface area contributed by atoms with Gasteiger partial charge in [-0.3, -0.25) is 4.72 Å². The molecule has 0 spiro atoms. The fraction of sp³-hybridized carbons (Fsp3) is 0.562. The fourth-order valence-corrected chi connectivity index (χ4v) is 4.70. The molecule has 1 aromatic heterocycles. The molecule has 1 heterocycles. The van der Waals surface area contributed by atoms with Crippen LogP contribution in [0.3, 0.4) is 0 Å². The van der Waals surface area contributed by atoms with Gasteiger partial charge in [0.25, 0.3) is 0 Å². The fourth-order valence-electron chi connectivity index (χ4n) is 2.79. The van der Waals surface area contributed by atoms with Crippen LogP contribution >= 0.6 is 23.3 Å². The predicted octanol–water partition coefficient (Wildman–Crippen LogP) is 5.18. The summed E-state index contributed by atoms with van der Waals surface area (Å²) in [6, 6.07) is 7.40. The van der Waals surface area contributed by atoms with Gasteiger partial charge in [0.15, 0.2) is 4.34 Å². The molecule has 108 valence electrons. The van der Waals surface area contributed by atoms with E-state index in [1.54, 1.807) is 23.3 Å². The number of hydrogen-bond acceptors (Lipinski definition) is 4. The third kappa shape index (κ3) is 3.54. The van der Waals surface area contributed by atoms with Gasteiger partial charge < -0.3 is 0 Å². The SMILES string of the molecule is CCCc1ccc2sc(SNC3CCCCC3)nc2c1. The summed E-state index contributed by atoms with van der Waals surface area (Å²) in [7, 11) is 0. The van der Waals surface area contributed by atoms with E-state index >= 15 is 0 Å². The number of thiazole rings is 1. The normalized spacial score (nSPS) is 16.9. The number of nitrogens with one attached hydrogen (secondary N) is 1. The van der Waals surface area contributed by atoms with Crippen molar-refractivity contribution in [2.45, 2.75) is 62.3 Å². The van der Waals surface area contributed by atoms with Gasteiger partial charge in [-0.1, -0.05) is 38.7 Å². The maximum atomic E-state index is 4.76. The van der Waals surface area contributed by atoms with Crippen LogP contribution in [0.2, 0.25) is 0 Å². The van der Waals surface area contributed by atoms with Crippen molar-refractivity contribution in [3.8, 4) is 0 Å². The van der Waals surface area contributed by atoms with Gasteiger partial charge in [0.2, 0.25) is 0 Å². The Morgan fingerprint density at radius 3 is 2.95 bits per heavy atom. The molecule has 1 aromatic carbocycles. The van der Waals surface area contributed by atoms with Crippen molar-refractivity contribution >= 4 is 33.5 Å². The average molecular weight is 306 g/mol. The zero-order valence-corrected chi connectivity index (χ0v) is 13.7. The Morgan fingerprint density at radius 1 is 1.30 bits per heavy atom. The van der Waals surface area contributed by atoms with Crippen LogP contribution < -0.4 is 4.72 Å². The van der Waals surface area contributed by atoms with Crippen molar-refractivity contribution in [3.05, 3.63) is 23.8 Å². The molecule has 20 heavy (non-hydrogen) atoms. The van der Waals surface area contributed by atoms with Crippen molar-refractivity contribution in [2.24, 2.45) is 0 Å². The lowest BCUT2D eigenvalue weighted by Gasteiger charge is -2.21. The first-order valence-electron chi connectivity index (χ1n) is 7.67. The van der Waals surface area contributed by atoms with Crippen molar-refractivity contribution in [1.82, 2.24) is 9.71 Å². The monoisotopic (exact) mass is 306 g/mol. The minimum Gasteiger partial charge on any atom is -0.255 e. The molecule has 2 aromatic rings. The summed E-state index contributed by atoms with van der Waals surface area (Å²) >= 11 is 3.53. The van der Waals surface area contributed by atoms with Crippen LogP contribution in [-0.4, -0.2) is 11.0 Å². The molecule has 2 nitrogen and oxygen atoms in total. The van der Waals surface area contributed by atoms with Gasteiger partial charge >= 0.3 is 0 Å². The van der Waals surface area contributed by atoms with Crippen LogP contribution in [-0.2, 0) is 6.42 Å². The largest absolute Gasteiger partial charge is 0.255 e.